The van der Waals surface area contributed by atoms with Crippen LogP contribution in [-0.4, -0.2) is 193 Å². The second-order valence-corrected chi connectivity index (χ2v) is 19.7. The molecule has 73 heavy (non-hydrogen) atoms. The Kier molecular flexibility index (Phi) is 34.1. The summed E-state index contributed by atoms with van der Waals surface area (Å²) in [5.41, 5.74) is 0. The molecular weight excluding hydrogens is 951 g/mol. The van der Waals surface area contributed by atoms with Gasteiger partial charge in [-0.1, -0.05) is 146 Å². The molecule has 1 amide bonds. The SMILES string of the molecule is CC/C=C\C/C=C\C/C=C\C/C=C\CCCCC(=O)NC(COC1OC(CO)C(OC2OC(CO)C(OC3OC(CO)C(O)C(O)C3O)C(O)C2O)C(O)C1O)C(O)CCCCCCCCCCCCCCC. The van der Waals surface area contributed by atoms with Crippen molar-refractivity contribution in [2.45, 2.75) is 259 Å². The number of rotatable bonds is 38. The van der Waals surface area contributed by atoms with Gasteiger partial charge < -0.3 is 89.9 Å². The van der Waals surface area contributed by atoms with Gasteiger partial charge in [0.2, 0.25) is 5.91 Å². The fraction of sp³-hybridized carbons (Fsp3) is 0.833. The Labute approximate surface area is 433 Å². The van der Waals surface area contributed by atoms with E-state index in [0.29, 0.717) is 19.3 Å². The van der Waals surface area contributed by atoms with Crippen molar-refractivity contribution in [3.05, 3.63) is 48.6 Å². The normalized spacial score (nSPS) is 32.1. The monoisotopic (exact) mass is 1050 g/mol. The number of hydrogen-bond donors (Lipinski definition) is 12. The number of carbonyl (C=O) groups is 1. The van der Waals surface area contributed by atoms with Crippen molar-refractivity contribution in [3.63, 3.8) is 0 Å². The van der Waals surface area contributed by atoms with Crippen molar-refractivity contribution < 1.29 is 89.4 Å². The smallest absolute Gasteiger partial charge is 0.220 e. The largest absolute Gasteiger partial charge is 0.394 e. The molecule has 3 saturated heterocycles. The maximum atomic E-state index is 13.3. The molecule has 17 unspecified atom stereocenters. The molecule has 19 heteroatoms. The molecule has 0 saturated carbocycles. The van der Waals surface area contributed by atoms with Crippen molar-refractivity contribution in [1.82, 2.24) is 5.32 Å². The Morgan fingerprint density at radius 1 is 0.507 bits per heavy atom. The third kappa shape index (κ3) is 23.5. The van der Waals surface area contributed by atoms with Gasteiger partial charge in [0.1, 0.15) is 73.2 Å². The van der Waals surface area contributed by atoms with Crippen LogP contribution in [0.2, 0.25) is 0 Å². The minimum Gasteiger partial charge on any atom is -0.394 e. The molecule has 0 bridgehead atoms. The number of unbranched alkanes of at least 4 members (excludes halogenated alkanes) is 14. The van der Waals surface area contributed by atoms with E-state index in [9.17, 15) is 61.0 Å². The summed E-state index contributed by atoms with van der Waals surface area (Å²) in [6, 6.07) is -0.908. The molecule has 3 fully saturated rings. The van der Waals surface area contributed by atoms with Gasteiger partial charge in [-0.05, 0) is 51.4 Å². The second kappa shape index (κ2) is 38.3. The van der Waals surface area contributed by atoms with Gasteiger partial charge in [-0.2, -0.15) is 0 Å². The summed E-state index contributed by atoms with van der Waals surface area (Å²) >= 11 is 0. The molecule has 3 aliphatic rings. The van der Waals surface area contributed by atoms with Gasteiger partial charge >= 0.3 is 0 Å². The molecule has 0 aromatic heterocycles. The topological polar surface area (TPSA) is 307 Å². The Hall–Kier alpha value is -2.25. The number of nitrogens with one attached hydrogen (secondary N) is 1. The summed E-state index contributed by atoms with van der Waals surface area (Å²) in [5, 5.41) is 120. The molecule has 3 heterocycles. The first-order valence-electron chi connectivity index (χ1n) is 27.4. The highest BCUT2D eigenvalue weighted by atomic mass is 16.8. The fourth-order valence-corrected chi connectivity index (χ4v) is 9.13. The number of carbonyl (C=O) groups excluding carboxylic acids is 1. The van der Waals surface area contributed by atoms with Crippen LogP contribution in [0.15, 0.2) is 48.6 Å². The molecule has 424 valence electrons. The molecule has 0 radical (unpaired) electrons. The van der Waals surface area contributed by atoms with Crippen LogP contribution in [0.1, 0.15) is 155 Å². The van der Waals surface area contributed by atoms with Crippen molar-refractivity contribution in [2.24, 2.45) is 0 Å². The van der Waals surface area contributed by atoms with Crippen LogP contribution < -0.4 is 5.32 Å². The van der Waals surface area contributed by atoms with Crippen LogP contribution >= 0.6 is 0 Å². The third-order valence-electron chi connectivity index (χ3n) is 13.7. The molecule has 0 spiro atoms. The molecule has 0 aromatic rings. The summed E-state index contributed by atoms with van der Waals surface area (Å²) in [6.07, 6.45) is 12.1. The summed E-state index contributed by atoms with van der Waals surface area (Å²) in [4.78, 5) is 13.3. The minimum atomic E-state index is -1.98. The highest BCUT2D eigenvalue weighted by Crippen LogP contribution is 2.33. The number of aliphatic hydroxyl groups excluding tert-OH is 11. The van der Waals surface area contributed by atoms with Crippen molar-refractivity contribution >= 4 is 5.91 Å². The summed E-state index contributed by atoms with van der Waals surface area (Å²) in [6.45, 7) is 1.60. The quantitative estimate of drug-likeness (QED) is 0.0312. The zero-order valence-corrected chi connectivity index (χ0v) is 43.6. The van der Waals surface area contributed by atoms with E-state index >= 15 is 0 Å². The van der Waals surface area contributed by atoms with E-state index in [0.717, 1.165) is 57.8 Å². The first kappa shape index (κ1) is 65.0. The van der Waals surface area contributed by atoms with Gasteiger partial charge in [-0.3, -0.25) is 4.79 Å². The molecular formula is C54H95NO18. The average molecular weight is 1050 g/mol. The third-order valence-corrected chi connectivity index (χ3v) is 13.7. The van der Waals surface area contributed by atoms with Gasteiger partial charge in [0.25, 0.3) is 0 Å². The second-order valence-electron chi connectivity index (χ2n) is 19.7. The maximum Gasteiger partial charge on any atom is 0.220 e. The van der Waals surface area contributed by atoms with Crippen LogP contribution in [0.25, 0.3) is 0 Å². The minimum absolute atomic E-state index is 0.212. The van der Waals surface area contributed by atoms with Crippen molar-refractivity contribution in [1.29, 1.82) is 0 Å². The van der Waals surface area contributed by atoms with Gasteiger partial charge in [-0.15, -0.1) is 0 Å². The molecule has 3 rings (SSSR count). The number of ether oxygens (including phenoxy) is 6. The number of aliphatic hydroxyl groups is 11. The highest BCUT2D eigenvalue weighted by Gasteiger charge is 2.53. The number of allylic oxidation sites excluding steroid dienone is 8. The average Bonchev–Trinajstić information content (AvgIpc) is 3.39. The summed E-state index contributed by atoms with van der Waals surface area (Å²) < 4.78 is 34.2. The van der Waals surface area contributed by atoms with Crippen LogP contribution in [0.4, 0.5) is 0 Å². The first-order chi connectivity index (χ1) is 35.3. The molecule has 17 atom stereocenters. The maximum absolute atomic E-state index is 13.3. The Morgan fingerprint density at radius 2 is 0.945 bits per heavy atom. The van der Waals surface area contributed by atoms with Crippen LogP contribution in [0.3, 0.4) is 0 Å². The molecule has 3 aliphatic heterocycles. The Bertz CT molecular complexity index is 1530. The predicted octanol–water partition coefficient (Wildman–Crippen LogP) is 3.14. The first-order valence-corrected chi connectivity index (χ1v) is 27.4. The molecule has 12 N–H and O–H groups in total. The molecule has 19 nitrogen and oxygen atoms in total. The van der Waals surface area contributed by atoms with Crippen LogP contribution in [0.5, 0.6) is 0 Å². The standard InChI is InChI=1S/C54H95NO18/c1-3-5-7-9-11-13-15-17-18-20-22-24-26-28-30-32-42(60)55-37(38(59)31-29-27-25-23-21-19-16-14-12-10-8-6-4-2)36-68-52-48(66)45(63)50(40(34-57)70-52)73-54-49(67)46(64)51(41(35-58)71-54)72-53-47(65)44(62)43(61)39(33-56)69-53/h5,7,11,13,17-18,22,24,37-41,43-54,56-59,61-67H,3-4,6,8-10,12,14-16,19-21,23,25-36H2,1-2H3,(H,55,60)/b7-5-,13-11-,18-17-,24-22-. The Balaban J connectivity index is 1.55. The zero-order chi connectivity index (χ0) is 53.4. The predicted molar refractivity (Wildman–Crippen MR) is 272 cm³/mol. The van der Waals surface area contributed by atoms with Gasteiger partial charge in [0.15, 0.2) is 18.9 Å². The van der Waals surface area contributed by atoms with Crippen molar-refractivity contribution in [3.8, 4) is 0 Å². The van der Waals surface area contributed by atoms with E-state index in [1.807, 2.05) is 0 Å². The van der Waals surface area contributed by atoms with Crippen LogP contribution in [0, 0.1) is 0 Å². The number of amides is 1. The van der Waals surface area contributed by atoms with E-state index in [4.69, 9.17) is 28.4 Å². The summed E-state index contributed by atoms with van der Waals surface area (Å²) in [5.74, 6) is -0.287. The molecule has 0 aromatic carbocycles. The lowest BCUT2D eigenvalue weighted by Crippen LogP contribution is -2.66. The van der Waals surface area contributed by atoms with Crippen molar-refractivity contribution in [2.75, 3.05) is 26.4 Å². The van der Waals surface area contributed by atoms with Gasteiger partial charge in [-0.25, -0.2) is 0 Å². The van der Waals surface area contributed by atoms with E-state index in [1.54, 1.807) is 0 Å². The van der Waals surface area contributed by atoms with Gasteiger partial charge in [0, 0.05) is 6.42 Å². The van der Waals surface area contributed by atoms with Gasteiger partial charge in [0.05, 0.1) is 38.6 Å². The lowest BCUT2D eigenvalue weighted by atomic mass is 9.96. The zero-order valence-electron chi connectivity index (χ0n) is 43.6. The lowest BCUT2D eigenvalue weighted by molar-refractivity contribution is -0.379. The summed E-state index contributed by atoms with van der Waals surface area (Å²) in [7, 11) is 0. The van der Waals surface area contributed by atoms with E-state index in [-0.39, 0.29) is 18.9 Å². The molecule has 0 aliphatic carbocycles. The van der Waals surface area contributed by atoms with E-state index < -0.39 is 124 Å². The van der Waals surface area contributed by atoms with Crippen LogP contribution in [-0.2, 0) is 33.2 Å². The number of hydrogen-bond acceptors (Lipinski definition) is 18. The van der Waals surface area contributed by atoms with E-state index in [1.165, 1.54) is 57.8 Å². The Morgan fingerprint density at radius 3 is 1.45 bits per heavy atom. The highest BCUT2D eigenvalue weighted by molar-refractivity contribution is 5.76. The fourth-order valence-electron chi connectivity index (χ4n) is 9.13. The van der Waals surface area contributed by atoms with E-state index in [2.05, 4.69) is 67.8 Å². The lowest BCUT2D eigenvalue weighted by Gasteiger charge is -2.48.